The molecule has 0 unspecified atom stereocenters. The monoisotopic (exact) mass is 327 g/mol. The molecule has 1 aromatic heterocycles. The van der Waals surface area contributed by atoms with Gasteiger partial charge < -0.3 is 14.6 Å². The lowest BCUT2D eigenvalue weighted by Crippen LogP contribution is -2.45. The molecular formula is C19H25N3O2. The van der Waals surface area contributed by atoms with Crippen LogP contribution < -0.4 is 5.32 Å². The summed E-state index contributed by atoms with van der Waals surface area (Å²) in [6.45, 7) is 1.68. The van der Waals surface area contributed by atoms with Crippen molar-refractivity contribution in [1.82, 2.24) is 9.88 Å². The Morgan fingerprint density at radius 3 is 2.58 bits per heavy atom. The number of para-hydroxylation sites is 2. The maximum absolute atomic E-state index is 12.6. The van der Waals surface area contributed by atoms with Gasteiger partial charge in [-0.3, -0.25) is 4.79 Å². The molecule has 2 fully saturated rings. The molecule has 2 aliphatic rings. The minimum absolute atomic E-state index is 0.278. The first-order valence-corrected chi connectivity index (χ1v) is 9.20. The molecule has 4 rings (SSSR count). The fourth-order valence-electron chi connectivity index (χ4n) is 3.96. The third-order valence-corrected chi connectivity index (χ3v) is 5.38. The number of benzene rings is 1. The first-order valence-electron chi connectivity index (χ1n) is 9.20. The van der Waals surface area contributed by atoms with E-state index in [2.05, 4.69) is 15.2 Å². The number of likely N-dealkylation sites (tertiary alicyclic amines) is 1. The van der Waals surface area contributed by atoms with Crippen molar-refractivity contribution < 1.29 is 9.21 Å². The molecule has 128 valence electrons. The number of amides is 1. The number of hydrogen-bond donors (Lipinski definition) is 1. The molecule has 1 aromatic carbocycles. The number of hydrogen-bond acceptors (Lipinski definition) is 4. The summed E-state index contributed by atoms with van der Waals surface area (Å²) in [5, 5.41) is 3.39. The van der Waals surface area contributed by atoms with Crippen LogP contribution in [0.25, 0.3) is 11.1 Å². The van der Waals surface area contributed by atoms with Crippen molar-refractivity contribution in [1.29, 1.82) is 0 Å². The summed E-state index contributed by atoms with van der Waals surface area (Å²) in [6.07, 6.45) is 7.80. The number of anilines is 1. The van der Waals surface area contributed by atoms with Gasteiger partial charge in [-0.1, -0.05) is 31.4 Å². The van der Waals surface area contributed by atoms with Gasteiger partial charge in [0.15, 0.2) is 5.58 Å². The zero-order valence-corrected chi connectivity index (χ0v) is 14.0. The van der Waals surface area contributed by atoms with Crippen molar-refractivity contribution in [3.05, 3.63) is 24.3 Å². The van der Waals surface area contributed by atoms with Crippen LogP contribution in [0.15, 0.2) is 28.7 Å². The van der Waals surface area contributed by atoms with E-state index in [1.54, 1.807) is 0 Å². The van der Waals surface area contributed by atoms with Crippen molar-refractivity contribution in [2.24, 2.45) is 5.92 Å². The van der Waals surface area contributed by atoms with Crippen molar-refractivity contribution in [3.8, 4) is 0 Å². The number of carbonyl (C=O) groups excluding carboxylic acids is 1. The number of rotatable bonds is 3. The molecule has 2 heterocycles. The van der Waals surface area contributed by atoms with Gasteiger partial charge >= 0.3 is 0 Å². The van der Waals surface area contributed by atoms with Crippen LogP contribution in [0.1, 0.15) is 44.9 Å². The number of carbonyl (C=O) groups is 1. The largest absolute Gasteiger partial charge is 0.424 e. The fraction of sp³-hybridized carbons (Fsp3) is 0.579. The molecule has 0 radical (unpaired) electrons. The Labute approximate surface area is 142 Å². The second-order valence-electron chi connectivity index (χ2n) is 7.07. The molecule has 1 amide bonds. The van der Waals surface area contributed by atoms with Gasteiger partial charge in [-0.2, -0.15) is 4.98 Å². The summed E-state index contributed by atoms with van der Waals surface area (Å²) < 4.78 is 5.74. The number of aromatic nitrogens is 1. The van der Waals surface area contributed by atoms with Crippen LogP contribution >= 0.6 is 0 Å². The van der Waals surface area contributed by atoms with Gasteiger partial charge in [-0.15, -0.1) is 0 Å². The molecule has 5 nitrogen and oxygen atoms in total. The van der Waals surface area contributed by atoms with Gasteiger partial charge in [0.25, 0.3) is 6.01 Å². The topological polar surface area (TPSA) is 58.4 Å². The normalized spacial score (nSPS) is 20.4. The predicted octanol–water partition coefficient (Wildman–Crippen LogP) is 3.81. The lowest BCUT2D eigenvalue weighted by atomic mass is 9.87. The van der Waals surface area contributed by atoms with Crippen molar-refractivity contribution in [2.75, 3.05) is 18.4 Å². The second kappa shape index (κ2) is 6.83. The molecule has 0 spiro atoms. The van der Waals surface area contributed by atoms with Gasteiger partial charge in [-0.05, 0) is 37.8 Å². The summed E-state index contributed by atoms with van der Waals surface area (Å²) in [7, 11) is 0. The maximum Gasteiger partial charge on any atom is 0.295 e. The van der Waals surface area contributed by atoms with Crippen LogP contribution in [0.2, 0.25) is 0 Å². The second-order valence-corrected chi connectivity index (χ2v) is 7.07. The van der Waals surface area contributed by atoms with Crippen LogP contribution in [0.3, 0.4) is 0 Å². The van der Waals surface area contributed by atoms with Crippen molar-refractivity contribution >= 4 is 23.0 Å². The number of fused-ring (bicyclic) bond motifs is 1. The van der Waals surface area contributed by atoms with E-state index in [1.165, 1.54) is 19.3 Å². The SMILES string of the molecule is O=C(C1CCCCC1)N1CCC(Nc2nc3ccccc3o2)CC1. The summed E-state index contributed by atoms with van der Waals surface area (Å²) in [4.78, 5) is 19.2. The van der Waals surface area contributed by atoms with E-state index in [9.17, 15) is 4.79 Å². The quantitative estimate of drug-likeness (QED) is 0.931. The summed E-state index contributed by atoms with van der Waals surface area (Å²) in [5.41, 5.74) is 1.69. The molecule has 0 bridgehead atoms. The zero-order valence-electron chi connectivity index (χ0n) is 14.0. The smallest absolute Gasteiger partial charge is 0.295 e. The summed E-state index contributed by atoms with van der Waals surface area (Å²) in [6, 6.07) is 8.71. The van der Waals surface area contributed by atoms with Gasteiger partial charge in [0.2, 0.25) is 5.91 Å². The molecule has 2 aromatic rings. The van der Waals surface area contributed by atoms with Crippen LogP contribution in [0.5, 0.6) is 0 Å². The van der Waals surface area contributed by atoms with Gasteiger partial charge in [0.1, 0.15) is 5.52 Å². The first-order chi connectivity index (χ1) is 11.8. The molecule has 1 saturated heterocycles. The minimum atomic E-state index is 0.278. The van der Waals surface area contributed by atoms with E-state index >= 15 is 0 Å². The van der Waals surface area contributed by atoms with Crippen LogP contribution in [0, 0.1) is 5.92 Å². The van der Waals surface area contributed by atoms with E-state index in [4.69, 9.17) is 4.42 Å². The average molecular weight is 327 g/mol. The Kier molecular flexibility index (Phi) is 4.41. The van der Waals surface area contributed by atoms with Gasteiger partial charge in [-0.25, -0.2) is 0 Å². The highest BCUT2D eigenvalue weighted by molar-refractivity contribution is 5.79. The number of piperidine rings is 1. The van der Waals surface area contributed by atoms with Crippen LogP contribution in [-0.4, -0.2) is 34.9 Å². The standard InChI is InChI=1S/C19H25N3O2/c23-18(14-6-2-1-3-7-14)22-12-10-15(11-13-22)20-19-21-16-8-4-5-9-17(16)24-19/h4-5,8-9,14-15H,1-3,6-7,10-13H2,(H,20,21). The fourth-order valence-corrected chi connectivity index (χ4v) is 3.96. The Morgan fingerprint density at radius 1 is 1.08 bits per heavy atom. The third kappa shape index (κ3) is 3.25. The number of oxazole rings is 1. The highest BCUT2D eigenvalue weighted by atomic mass is 16.4. The minimum Gasteiger partial charge on any atom is -0.424 e. The molecule has 5 heteroatoms. The highest BCUT2D eigenvalue weighted by Gasteiger charge is 2.29. The van der Waals surface area contributed by atoms with E-state index in [-0.39, 0.29) is 5.92 Å². The van der Waals surface area contributed by atoms with Crippen molar-refractivity contribution in [3.63, 3.8) is 0 Å². The summed E-state index contributed by atoms with van der Waals surface area (Å²) >= 11 is 0. The maximum atomic E-state index is 12.6. The molecule has 1 aliphatic heterocycles. The Balaban J connectivity index is 1.31. The number of nitrogens with one attached hydrogen (secondary N) is 1. The number of nitrogens with zero attached hydrogens (tertiary/aromatic N) is 2. The lowest BCUT2D eigenvalue weighted by Gasteiger charge is -2.35. The molecule has 0 atom stereocenters. The zero-order chi connectivity index (χ0) is 16.4. The molecule has 1 aliphatic carbocycles. The third-order valence-electron chi connectivity index (χ3n) is 5.38. The predicted molar refractivity (Wildman–Crippen MR) is 93.8 cm³/mol. The molecular weight excluding hydrogens is 302 g/mol. The molecule has 1 saturated carbocycles. The molecule has 24 heavy (non-hydrogen) atoms. The van der Waals surface area contributed by atoms with Crippen LogP contribution in [0.4, 0.5) is 6.01 Å². The average Bonchev–Trinajstić information content (AvgIpc) is 3.05. The first kappa shape index (κ1) is 15.5. The van der Waals surface area contributed by atoms with E-state index in [1.807, 2.05) is 24.3 Å². The lowest BCUT2D eigenvalue weighted by molar-refractivity contribution is -0.137. The molecule has 1 N–H and O–H groups in total. The van der Waals surface area contributed by atoms with Crippen LogP contribution in [-0.2, 0) is 4.79 Å². The van der Waals surface area contributed by atoms with Gasteiger partial charge in [0, 0.05) is 25.0 Å². The highest BCUT2D eigenvalue weighted by Crippen LogP contribution is 2.27. The van der Waals surface area contributed by atoms with E-state index in [0.717, 1.165) is 49.9 Å². The van der Waals surface area contributed by atoms with E-state index < -0.39 is 0 Å². The Bertz CT molecular complexity index is 664. The summed E-state index contributed by atoms with van der Waals surface area (Å²) in [5.74, 6) is 0.662. The van der Waals surface area contributed by atoms with Crippen molar-refractivity contribution in [2.45, 2.75) is 51.0 Å². The van der Waals surface area contributed by atoms with Gasteiger partial charge in [0.05, 0.1) is 0 Å². The Hall–Kier alpha value is -2.04. The van der Waals surface area contributed by atoms with E-state index in [0.29, 0.717) is 18.0 Å². The Morgan fingerprint density at radius 2 is 1.83 bits per heavy atom.